The van der Waals surface area contributed by atoms with Gasteiger partial charge in [-0.25, -0.2) is 9.59 Å². The molecule has 0 bridgehead atoms. The zero-order chi connectivity index (χ0) is 16.8. The van der Waals surface area contributed by atoms with E-state index in [9.17, 15) is 9.59 Å². The molecule has 0 spiro atoms. The Morgan fingerprint density at radius 1 is 1.52 bits per heavy atom. The number of nitrogens with zero attached hydrogens (tertiary/aromatic N) is 5. The van der Waals surface area contributed by atoms with Gasteiger partial charge in [-0.05, 0) is 20.3 Å². The van der Waals surface area contributed by atoms with Crippen LogP contribution in [0.2, 0.25) is 0 Å². The summed E-state index contributed by atoms with van der Waals surface area (Å²) >= 11 is 0. The van der Waals surface area contributed by atoms with Gasteiger partial charge in [0.25, 0.3) is 0 Å². The topological polar surface area (TPSA) is 92.6 Å². The number of carbonyl (C=O) groups excluding carboxylic acids is 2. The van der Waals surface area contributed by atoms with Gasteiger partial charge in [-0.15, -0.1) is 10.2 Å². The highest BCUT2D eigenvalue weighted by atomic mass is 16.6. The van der Waals surface area contributed by atoms with E-state index in [1.807, 2.05) is 18.4 Å². The minimum atomic E-state index is -0.316. The summed E-state index contributed by atoms with van der Waals surface area (Å²) in [7, 11) is 1.70. The van der Waals surface area contributed by atoms with Gasteiger partial charge in [-0.1, -0.05) is 0 Å². The van der Waals surface area contributed by atoms with Crippen molar-refractivity contribution in [2.75, 3.05) is 33.3 Å². The van der Waals surface area contributed by atoms with E-state index in [1.54, 1.807) is 18.3 Å². The molecule has 0 saturated carbocycles. The smallest absolute Gasteiger partial charge is 0.409 e. The molecule has 2 heterocycles. The lowest BCUT2D eigenvalue weighted by atomic mass is 10.3. The van der Waals surface area contributed by atoms with Crippen LogP contribution in [0, 0.1) is 0 Å². The second-order valence-corrected chi connectivity index (χ2v) is 5.79. The van der Waals surface area contributed by atoms with Gasteiger partial charge < -0.3 is 24.4 Å². The first-order valence-corrected chi connectivity index (χ1v) is 7.78. The van der Waals surface area contributed by atoms with Crippen molar-refractivity contribution in [3.63, 3.8) is 0 Å². The molecule has 0 radical (unpaired) electrons. The molecule has 1 N–H and O–H groups in total. The van der Waals surface area contributed by atoms with E-state index in [-0.39, 0.29) is 18.2 Å². The van der Waals surface area contributed by atoms with E-state index in [2.05, 4.69) is 15.5 Å². The second kappa shape index (κ2) is 7.80. The summed E-state index contributed by atoms with van der Waals surface area (Å²) in [6.07, 6.45) is 2.17. The fraction of sp³-hybridized carbons (Fsp3) is 0.714. The average molecular weight is 324 g/mol. The first-order valence-electron chi connectivity index (χ1n) is 7.78. The van der Waals surface area contributed by atoms with Crippen LogP contribution in [-0.4, -0.2) is 70.0 Å². The number of hydrogen-bond donors (Lipinski definition) is 1. The molecule has 0 atom stereocenters. The molecule has 128 valence electrons. The zero-order valence-electron chi connectivity index (χ0n) is 13.9. The van der Waals surface area contributed by atoms with E-state index in [1.165, 1.54) is 4.90 Å². The molecular weight excluding hydrogens is 300 g/mol. The monoisotopic (exact) mass is 324 g/mol. The maximum Gasteiger partial charge on any atom is 0.409 e. The van der Waals surface area contributed by atoms with Gasteiger partial charge in [-0.3, -0.25) is 0 Å². The quantitative estimate of drug-likeness (QED) is 0.837. The van der Waals surface area contributed by atoms with Crippen molar-refractivity contribution >= 4 is 12.1 Å². The van der Waals surface area contributed by atoms with Gasteiger partial charge in [-0.2, -0.15) is 0 Å². The highest BCUT2D eigenvalue weighted by Gasteiger charge is 2.19. The van der Waals surface area contributed by atoms with Gasteiger partial charge >= 0.3 is 12.1 Å². The Morgan fingerprint density at radius 3 is 3.00 bits per heavy atom. The van der Waals surface area contributed by atoms with E-state index in [0.717, 1.165) is 12.2 Å². The maximum absolute atomic E-state index is 12.1. The number of rotatable bonds is 6. The Hall–Kier alpha value is -2.32. The van der Waals surface area contributed by atoms with Crippen LogP contribution in [0.4, 0.5) is 9.59 Å². The van der Waals surface area contributed by atoms with Crippen LogP contribution in [0.25, 0.3) is 0 Å². The summed E-state index contributed by atoms with van der Waals surface area (Å²) in [6.45, 7) is 6.41. The van der Waals surface area contributed by atoms with Crippen molar-refractivity contribution in [3.05, 3.63) is 12.2 Å². The van der Waals surface area contributed by atoms with Gasteiger partial charge in [0.2, 0.25) is 0 Å². The van der Waals surface area contributed by atoms with E-state index in [4.69, 9.17) is 4.74 Å². The number of urea groups is 1. The molecule has 1 fully saturated rings. The first-order chi connectivity index (χ1) is 11.0. The van der Waals surface area contributed by atoms with Gasteiger partial charge in [0.1, 0.15) is 6.33 Å². The van der Waals surface area contributed by atoms with Crippen LogP contribution in [0.5, 0.6) is 0 Å². The molecule has 0 aliphatic carbocycles. The molecule has 23 heavy (non-hydrogen) atoms. The molecule has 9 heteroatoms. The summed E-state index contributed by atoms with van der Waals surface area (Å²) in [4.78, 5) is 26.7. The van der Waals surface area contributed by atoms with Crippen molar-refractivity contribution in [2.24, 2.45) is 0 Å². The molecular formula is C14H24N6O3. The first kappa shape index (κ1) is 17.0. The van der Waals surface area contributed by atoms with Crippen LogP contribution in [0.3, 0.4) is 0 Å². The van der Waals surface area contributed by atoms with E-state index >= 15 is 0 Å². The van der Waals surface area contributed by atoms with E-state index in [0.29, 0.717) is 32.8 Å². The van der Waals surface area contributed by atoms with Crippen molar-refractivity contribution < 1.29 is 14.3 Å². The van der Waals surface area contributed by atoms with Crippen LogP contribution >= 0.6 is 0 Å². The summed E-state index contributed by atoms with van der Waals surface area (Å²) in [5.41, 5.74) is 0. The third-order valence-electron chi connectivity index (χ3n) is 3.64. The Balaban J connectivity index is 1.76. The molecule has 1 saturated heterocycles. The summed E-state index contributed by atoms with van der Waals surface area (Å²) in [5.74, 6) is 0.734. The lowest BCUT2D eigenvalue weighted by molar-refractivity contribution is 0.0733. The van der Waals surface area contributed by atoms with Crippen molar-refractivity contribution in [3.8, 4) is 0 Å². The van der Waals surface area contributed by atoms with Gasteiger partial charge in [0.15, 0.2) is 5.82 Å². The number of nitrogens with one attached hydrogen (secondary N) is 1. The van der Waals surface area contributed by atoms with Crippen LogP contribution in [0.15, 0.2) is 6.33 Å². The molecule has 1 aliphatic rings. The summed E-state index contributed by atoms with van der Waals surface area (Å²) < 4.78 is 6.87. The van der Waals surface area contributed by atoms with Gasteiger partial charge in [0.05, 0.1) is 13.2 Å². The Kier molecular flexibility index (Phi) is 5.78. The fourth-order valence-corrected chi connectivity index (χ4v) is 2.33. The van der Waals surface area contributed by atoms with Crippen LogP contribution < -0.4 is 5.32 Å². The molecule has 2 rings (SSSR count). The van der Waals surface area contributed by atoms with Crippen molar-refractivity contribution in [1.82, 2.24) is 29.9 Å². The molecule has 0 aromatic carbocycles. The molecule has 1 aromatic heterocycles. The number of aromatic nitrogens is 3. The lowest BCUT2D eigenvalue weighted by Crippen LogP contribution is -2.45. The van der Waals surface area contributed by atoms with Gasteiger partial charge in [0, 0.05) is 32.7 Å². The van der Waals surface area contributed by atoms with Crippen LogP contribution in [0.1, 0.15) is 32.1 Å². The van der Waals surface area contributed by atoms with E-state index < -0.39 is 0 Å². The Bertz CT molecular complexity index is 544. The summed E-state index contributed by atoms with van der Waals surface area (Å²) in [5, 5.41) is 10.7. The second-order valence-electron chi connectivity index (χ2n) is 5.79. The number of hydrogen-bond acceptors (Lipinski definition) is 5. The zero-order valence-corrected chi connectivity index (χ0v) is 13.9. The number of carbonyl (C=O) groups is 2. The third-order valence-corrected chi connectivity index (χ3v) is 3.64. The number of ether oxygens (including phenoxy) is 1. The predicted octanol–water partition coefficient (Wildman–Crippen LogP) is 0.843. The predicted molar refractivity (Wildman–Crippen MR) is 82.8 cm³/mol. The molecule has 3 amide bonds. The largest absolute Gasteiger partial charge is 0.449 e. The summed E-state index contributed by atoms with van der Waals surface area (Å²) in [6, 6.07) is 0.0234. The van der Waals surface area contributed by atoms with Crippen LogP contribution in [-0.2, 0) is 11.3 Å². The molecule has 0 unspecified atom stereocenters. The Morgan fingerprint density at radius 2 is 2.30 bits per heavy atom. The highest BCUT2D eigenvalue weighted by Crippen LogP contribution is 2.08. The molecule has 1 aromatic rings. The Labute approximate surface area is 135 Å². The minimum Gasteiger partial charge on any atom is -0.449 e. The standard InChI is InChI=1S/C14H24N6O3/c1-11(2)20-10-16-17-12(20)9-18(3)13(21)15-5-7-19-6-4-8-23-14(19)22/h10-11H,4-9H2,1-3H3,(H,15,21). The van der Waals surface area contributed by atoms with Crippen molar-refractivity contribution in [2.45, 2.75) is 32.9 Å². The third kappa shape index (κ3) is 4.57. The normalized spacial score (nSPS) is 14.8. The molecule has 1 aliphatic heterocycles. The lowest BCUT2D eigenvalue weighted by Gasteiger charge is -2.26. The fourth-order valence-electron chi connectivity index (χ4n) is 2.33. The van der Waals surface area contributed by atoms with Crippen molar-refractivity contribution in [1.29, 1.82) is 0 Å². The number of amides is 3. The average Bonchev–Trinajstić information content (AvgIpc) is 2.97. The molecule has 9 nitrogen and oxygen atoms in total. The SMILES string of the molecule is CC(C)n1cnnc1CN(C)C(=O)NCCN1CCCOC1=O. The highest BCUT2D eigenvalue weighted by molar-refractivity contribution is 5.74. The number of cyclic esters (lactones) is 1. The maximum atomic E-state index is 12.1. The minimum absolute atomic E-state index is 0.214.